The molecule has 0 radical (unpaired) electrons. The van der Waals surface area contributed by atoms with Gasteiger partial charge in [0, 0.05) is 16.7 Å². The molecular weight excluding hydrogens is 945 g/mol. The van der Waals surface area contributed by atoms with Gasteiger partial charge in [0.1, 0.15) is 84.4 Å². The second-order valence-electron chi connectivity index (χ2n) is 22.7. The van der Waals surface area contributed by atoms with Crippen LogP contribution in [0.1, 0.15) is 85.5 Å². The summed E-state index contributed by atoms with van der Waals surface area (Å²) in [4.78, 5) is 12.7. The lowest BCUT2D eigenvalue weighted by molar-refractivity contribution is -0.378. The molecule has 0 aromatic heterocycles. The van der Waals surface area contributed by atoms with Crippen LogP contribution < -0.4 is 0 Å². The number of hydrogen-bond acceptors (Lipinski definition) is 23. The second-order valence-corrected chi connectivity index (χ2v) is 22.7. The van der Waals surface area contributed by atoms with Crippen molar-refractivity contribution in [1.82, 2.24) is 0 Å². The molecule has 0 bridgehead atoms. The zero-order valence-corrected chi connectivity index (χ0v) is 40.7. The summed E-state index contributed by atoms with van der Waals surface area (Å²) in [6.07, 6.45) is -22.6. The van der Waals surface area contributed by atoms with Crippen molar-refractivity contribution in [3.05, 3.63) is 11.1 Å². The highest BCUT2D eigenvalue weighted by Gasteiger charge is 2.73. The second kappa shape index (κ2) is 19.7. The molecule has 1 spiro atoms. The number of hydrogen-bond donors (Lipinski definition) is 13. The average molecular weight is 1020 g/mol. The third-order valence-corrected chi connectivity index (χ3v) is 19.4. The Kier molecular flexibility index (Phi) is 15.1. The number of ether oxygens (including phenoxy) is 9. The van der Waals surface area contributed by atoms with E-state index in [0.717, 1.165) is 25.7 Å². The molecule has 23 heteroatoms. The highest BCUT2D eigenvalue weighted by Crippen LogP contribution is 2.75. The molecule has 24 atom stereocenters. The minimum absolute atomic E-state index is 0.0928. The quantitative estimate of drug-likeness (QED) is 0.0624. The van der Waals surface area contributed by atoms with Crippen molar-refractivity contribution in [1.29, 1.82) is 0 Å². The summed E-state index contributed by atoms with van der Waals surface area (Å²) in [6.45, 7) is 4.53. The van der Waals surface area contributed by atoms with Gasteiger partial charge in [-0.05, 0) is 68.1 Å². The molecule has 9 aliphatic rings. The van der Waals surface area contributed by atoms with Crippen LogP contribution in [0.2, 0.25) is 0 Å². The summed E-state index contributed by atoms with van der Waals surface area (Å²) < 4.78 is 53.3. The van der Waals surface area contributed by atoms with Gasteiger partial charge in [-0.3, -0.25) is 4.79 Å². The molecule has 0 aromatic rings. The average Bonchev–Trinajstić information content (AvgIpc) is 3.91. The summed E-state index contributed by atoms with van der Waals surface area (Å²) in [5, 5.41) is 141. The first-order chi connectivity index (χ1) is 33.5. The Morgan fingerprint density at radius 3 is 1.99 bits per heavy atom. The van der Waals surface area contributed by atoms with Crippen LogP contribution in [0.4, 0.5) is 0 Å². The van der Waals surface area contributed by atoms with Crippen molar-refractivity contribution in [2.75, 3.05) is 46.2 Å². The Hall–Kier alpha value is -1.63. The fourth-order valence-electron chi connectivity index (χ4n) is 14.8. The van der Waals surface area contributed by atoms with Gasteiger partial charge in [-0.2, -0.15) is 0 Å². The summed E-state index contributed by atoms with van der Waals surface area (Å²) in [6, 6.07) is 0. The molecule has 7 fully saturated rings. The maximum absolute atomic E-state index is 12.7. The van der Waals surface area contributed by atoms with Crippen LogP contribution in [-0.2, 0) is 47.4 Å². The molecule has 23 nitrogen and oxygen atoms in total. The van der Waals surface area contributed by atoms with Crippen molar-refractivity contribution >= 4 is 5.97 Å². The van der Waals surface area contributed by atoms with Crippen LogP contribution in [0, 0.1) is 33.5 Å². The molecule has 4 aliphatic carbocycles. The smallest absolute Gasteiger partial charge is 0.306 e. The van der Waals surface area contributed by atoms with Crippen LogP contribution >= 0.6 is 0 Å². The summed E-state index contributed by atoms with van der Waals surface area (Å²) in [7, 11) is 0. The van der Waals surface area contributed by atoms with Crippen molar-refractivity contribution in [2.45, 2.75) is 201 Å². The number of carbonyl (C=O) groups excluding carboxylic acids is 1. The lowest BCUT2D eigenvalue weighted by Crippen LogP contribution is -2.65. The number of aliphatic hydroxyl groups is 13. The molecule has 9 rings (SSSR count). The van der Waals surface area contributed by atoms with Crippen LogP contribution in [0.3, 0.4) is 0 Å². The van der Waals surface area contributed by atoms with E-state index in [-0.39, 0.29) is 28.6 Å². The van der Waals surface area contributed by atoms with Crippen LogP contribution in [0.5, 0.6) is 0 Å². The number of fused-ring (bicyclic) bond motifs is 5. The third-order valence-electron chi connectivity index (χ3n) is 19.4. The Morgan fingerprint density at radius 1 is 0.662 bits per heavy atom. The van der Waals surface area contributed by atoms with Crippen molar-refractivity contribution in [3.63, 3.8) is 0 Å². The van der Waals surface area contributed by atoms with Gasteiger partial charge >= 0.3 is 5.97 Å². The first-order valence-electron chi connectivity index (χ1n) is 25.2. The summed E-state index contributed by atoms with van der Waals surface area (Å²) in [5.74, 6) is -0.330. The minimum atomic E-state index is -2.15. The van der Waals surface area contributed by atoms with E-state index in [9.17, 15) is 71.2 Å². The molecular formula is C48H76O23. The van der Waals surface area contributed by atoms with Gasteiger partial charge in [-0.15, -0.1) is 0 Å². The highest BCUT2D eigenvalue weighted by molar-refractivity contribution is 5.73. The van der Waals surface area contributed by atoms with Crippen LogP contribution in [-0.4, -0.2) is 234 Å². The monoisotopic (exact) mass is 1020 g/mol. The van der Waals surface area contributed by atoms with E-state index < -0.39 is 173 Å². The predicted molar refractivity (Wildman–Crippen MR) is 236 cm³/mol. The predicted octanol–water partition coefficient (Wildman–Crippen LogP) is -3.68. The Balaban J connectivity index is 0.904. The van der Waals surface area contributed by atoms with Gasteiger partial charge in [0.05, 0.1) is 58.8 Å². The van der Waals surface area contributed by atoms with Gasteiger partial charge in [-0.25, -0.2) is 0 Å². The number of esters is 1. The van der Waals surface area contributed by atoms with E-state index in [2.05, 4.69) is 27.7 Å². The SMILES string of the molecule is C[C@@H]1CC(=O)O[C@@]12CC[C@@]1(C)C3=C(CC[C@@]12C)[C@@]1(C)CC[C@H](O[C@@H]2O[C@H](CO[C@@H]4OC[C@H](O)[C@H](O)[C@H]4O[C@@H]4O[C@H](CO)[C@@H](O)[C@H](O)[C@H]4O[C@@H]4OC[C@](O)(CO)[C@H]4O)[C@@H](O)[C@H](O)[C@H]2O)C(CO)(CO)[C@@H]1CC3. The molecule has 5 heterocycles. The van der Waals surface area contributed by atoms with E-state index in [1.807, 2.05) is 0 Å². The number of rotatable bonds is 13. The van der Waals surface area contributed by atoms with Crippen molar-refractivity contribution < 1.29 is 114 Å². The first kappa shape index (κ1) is 54.2. The minimum Gasteiger partial charge on any atom is -0.458 e. The molecule has 5 aliphatic heterocycles. The van der Waals surface area contributed by atoms with Crippen LogP contribution in [0.15, 0.2) is 11.1 Å². The summed E-state index contributed by atoms with van der Waals surface area (Å²) in [5.41, 5.74) is -2.18. The van der Waals surface area contributed by atoms with Crippen molar-refractivity contribution in [2.24, 2.45) is 33.5 Å². The number of allylic oxidation sites excluding steroid dienone is 2. The van der Waals surface area contributed by atoms with Gasteiger partial charge in [0.15, 0.2) is 25.2 Å². The van der Waals surface area contributed by atoms with Gasteiger partial charge < -0.3 is 109 Å². The molecule has 13 N–H and O–H groups in total. The third kappa shape index (κ3) is 8.31. The molecule has 0 aromatic carbocycles. The van der Waals surface area contributed by atoms with E-state index >= 15 is 0 Å². The first-order valence-corrected chi connectivity index (χ1v) is 25.2. The van der Waals surface area contributed by atoms with E-state index in [1.54, 1.807) is 0 Å². The van der Waals surface area contributed by atoms with Gasteiger partial charge in [0.25, 0.3) is 0 Å². The Morgan fingerprint density at radius 2 is 1.34 bits per heavy atom. The molecule has 0 unspecified atom stereocenters. The Bertz CT molecular complexity index is 1960. The normalized spacial score (nSPS) is 52.9. The fourth-order valence-corrected chi connectivity index (χ4v) is 14.8. The molecule has 406 valence electrons. The van der Waals surface area contributed by atoms with Gasteiger partial charge in [-0.1, -0.05) is 38.8 Å². The lowest BCUT2D eigenvalue weighted by Gasteiger charge is -2.63. The maximum atomic E-state index is 12.7. The summed E-state index contributed by atoms with van der Waals surface area (Å²) >= 11 is 0. The van der Waals surface area contributed by atoms with E-state index in [4.69, 9.17) is 42.6 Å². The zero-order valence-electron chi connectivity index (χ0n) is 40.7. The lowest BCUT2D eigenvalue weighted by atomic mass is 9.42. The maximum Gasteiger partial charge on any atom is 0.306 e. The van der Waals surface area contributed by atoms with Crippen molar-refractivity contribution in [3.8, 4) is 0 Å². The van der Waals surface area contributed by atoms with Gasteiger partial charge in [0.2, 0.25) is 0 Å². The Labute approximate surface area is 411 Å². The molecule has 5 saturated heterocycles. The molecule has 2 saturated carbocycles. The molecule has 0 amide bonds. The van der Waals surface area contributed by atoms with E-state index in [1.165, 1.54) is 11.1 Å². The zero-order chi connectivity index (χ0) is 51.4. The molecule has 71 heavy (non-hydrogen) atoms. The van der Waals surface area contributed by atoms with E-state index in [0.29, 0.717) is 32.1 Å². The fraction of sp³-hybridized carbons (Fsp3) is 0.938. The standard InChI is InChI=1S/C48H76O23/c1-21-13-29(54)71-48(21)12-11-44(3)23-5-6-27-43(2,22(23)7-10-45(44,48)4)9-8-28(46(27,17-50)18-51)68-39-35(60)33(58)32(57)26(67-39)16-64-40-36(30(55)24(53)15-63-40)69-41-37(34(59)31(56)25(14-49)66-41)70-42-38(61)47(62,19-52)20-65-42/h21,24-28,30-42,49-53,55-62H,5-20H2,1-4H3/t21-,24+,25-,26-,27-,28+,30+,31-,32-,33+,34+,35-,36-,37-,38+,39+,40+,41+,42+,43-,44+,45+,47-,48+/m1/s1. The largest absolute Gasteiger partial charge is 0.458 e. The number of carbonyl (C=O) groups is 1. The number of aliphatic hydroxyl groups excluding tert-OH is 12. The highest BCUT2D eigenvalue weighted by atomic mass is 16.8. The topological polar surface area (TPSA) is 363 Å². The van der Waals surface area contributed by atoms with Crippen LogP contribution in [0.25, 0.3) is 0 Å².